The molecule has 1 aromatic heterocycles. The molecule has 3 aromatic rings. The van der Waals surface area contributed by atoms with Crippen molar-refractivity contribution < 1.29 is 4.79 Å². The Kier molecular flexibility index (Phi) is 5.22. The molecule has 0 atom stereocenters. The molecule has 6 heteroatoms. The summed E-state index contributed by atoms with van der Waals surface area (Å²) in [6.07, 6.45) is 1.59. The summed E-state index contributed by atoms with van der Waals surface area (Å²) < 4.78 is 0. The highest BCUT2D eigenvalue weighted by molar-refractivity contribution is 6.34. The highest BCUT2D eigenvalue weighted by atomic mass is 35.5. The van der Waals surface area contributed by atoms with E-state index in [1.807, 2.05) is 25.1 Å². The van der Waals surface area contributed by atoms with E-state index < -0.39 is 0 Å². The fraction of sp³-hybridized carbons (Fsp3) is 0.0526. The monoisotopic (exact) mass is 371 g/mol. The van der Waals surface area contributed by atoms with Gasteiger partial charge in [0.15, 0.2) is 0 Å². The van der Waals surface area contributed by atoms with Gasteiger partial charge in [-0.2, -0.15) is 0 Å². The van der Waals surface area contributed by atoms with E-state index in [4.69, 9.17) is 23.2 Å². The van der Waals surface area contributed by atoms with Crippen LogP contribution >= 0.6 is 23.2 Å². The molecule has 2 aromatic carbocycles. The van der Waals surface area contributed by atoms with Gasteiger partial charge in [0.2, 0.25) is 0 Å². The molecule has 0 aliphatic heterocycles. The molecule has 0 fully saturated rings. The molecule has 0 aliphatic rings. The molecule has 2 N–H and O–H groups in total. The van der Waals surface area contributed by atoms with Crippen molar-refractivity contribution in [2.45, 2.75) is 6.92 Å². The molecule has 1 amide bonds. The first-order valence-corrected chi connectivity index (χ1v) is 8.33. The summed E-state index contributed by atoms with van der Waals surface area (Å²) >= 11 is 12.0. The van der Waals surface area contributed by atoms with Crippen molar-refractivity contribution in [3.63, 3.8) is 0 Å². The Morgan fingerprint density at radius 2 is 1.84 bits per heavy atom. The van der Waals surface area contributed by atoms with Gasteiger partial charge in [-0.25, -0.2) is 4.98 Å². The van der Waals surface area contributed by atoms with Gasteiger partial charge in [-0.1, -0.05) is 35.3 Å². The molecule has 0 bridgehead atoms. The van der Waals surface area contributed by atoms with Crippen LogP contribution in [-0.2, 0) is 0 Å². The maximum Gasteiger partial charge on any atom is 0.257 e. The van der Waals surface area contributed by atoms with Gasteiger partial charge in [0, 0.05) is 10.7 Å². The lowest BCUT2D eigenvalue weighted by Crippen LogP contribution is -2.12. The van der Waals surface area contributed by atoms with Crippen LogP contribution < -0.4 is 10.6 Å². The van der Waals surface area contributed by atoms with Crippen molar-refractivity contribution >= 4 is 46.3 Å². The van der Waals surface area contributed by atoms with Crippen molar-refractivity contribution in [1.29, 1.82) is 0 Å². The molecular formula is C19H15Cl2N3O. The van der Waals surface area contributed by atoms with E-state index >= 15 is 0 Å². The lowest BCUT2D eigenvalue weighted by molar-refractivity contribution is 0.102. The molecule has 3 rings (SSSR count). The van der Waals surface area contributed by atoms with Crippen LogP contribution in [0.15, 0.2) is 60.8 Å². The van der Waals surface area contributed by atoms with Gasteiger partial charge >= 0.3 is 0 Å². The number of anilines is 3. The summed E-state index contributed by atoms with van der Waals surface area (Å²) in [6, 6.07) is 16.0. The normalized spacial score (nSPS) is 10.4. The van der Waals surface area contributed by atoms with Gasteiger partial charge in [0.1, 0.15) is 5.82 Å². The fourth-order valence-corrected chi connectivity index (χ4v) is 2.74. The largest absolute Gasteiger partial charge is 0.340 e. The number of hydrogen-bond donors (Lipinski definition) is 2. The first-order chi connectivity index (χ1) is 12.0. The number of amides is 1. The standard InChI is InChI=1S/C19H15Cl2N3O/c1-12-10-13(20)6-8-17(12)24-18-9-7-14(11-22-18)23-19(25)15-4-2-3-5-16(15)21/h2-11H,1H3,(H,22,24)(H,23,25). The molecule has 0 radical (unpaired) electrons. The molecule has 1 heterocycles. The van der Waals surface area contributed by atoms with Crippen molar-refractivity contribution in [3.8, 4) is 0 Å². The third-order valence-electron chi connectivity index (χ3n) is 3.59. The number of benzene rings is 2. The van der Waals surface area contributed by atoms with Crippen LogP contribution in [0.25, 0.3) is 0 Å². The first-order valence-electron chi connectivity index (χ1n) is 7.58. The minimum absolute atomic E-state index is 0.276. The number of rotatable bonds is 4. The molecule has 0 saturated carbocycles. The summed E-state index contributed by atoms with van der Waals surface area (Å²) in [5, 5.41) is 7.09. The second-order valence-corrected chi connectivity index (χ2v) is 6.29. The predicted molar refractivity (Wildman–Crippen MR) is 103 cm³/mol. The highest BCUT2D eigenvalue weighted by Crippen LogP contribution is 2.23. The van der Waals surface area contributed by atoms with Crippen molar-refractivity contribution in [1.82, 2.24) is 4.98 Å². The highest BCUT2D eigenvalue weighted by Gasteiger charge is 2.10. The number of aryl methyl sites for hydroxylation is 1. The molecule has 0 saturated heterocycles. The van der Waals surface area contributed by atoms with Crippen molar-refractivity contribution in [3.05, 3.63) is 82.0 Å². The van der Waals surface area contributed by atoms with E-state index in [9.17, 15) is 4.79 Å². The SMILES string of the molecule is Cc1cc(Cl)ccc1Nc1ccc(NC(=O)c2ccccc2Cl)cn1. The van der Waals surface area contributed by atoms with Crippen LogP contribution in [0.4, 0.5) is 17.2 Å². The third-order valence-corrected chi connectivity index (χ3v) is 4.16. The third kappa shape index (κ3) is 4.29. The zero-order valence-electron chi connectivity index (χ0n) is 13.4. The molecule has 0 aliphatic carbocycles. The quantitative estimate of drug-likeness (QED) is 0.618. The van der Waals surface area contributed by atoms with E-state index in [2.05, 4.69) is 15.6 Å². The average molecular weight is 372 g/mol. The summed E-state index contributed by atoms with van der Waals surface area (Å²) in [4.78, 5) is 16.6. The predicted octanol–water partition coefficient (Wildman–Crippen LogP) is 5.69. The van der Waals surface area contributed by atoms with Crippen LogP contribution in [0.5, 0.6) is 0 Å². The molecular weight excluding hydrogens is 357 g/mol. The second-order valence-electron chi connectivity index (χ2n) is 5.45. The van der Waals surface area contributed by atoms with Gasteiger partial charge in [0.25, 0.3) is 5.91 Å². The Morgan fingerprint density at radius 3 is 2.52 bits per heavy atom. The van der Waals surface area contributed by atoms with Gasteiger partial charge in [-0.05, 0) is 55.0 Å². The lowest BCUT2D eigenvalue weighted by Gasteiger charge is -2.10. The van der Waals surface area contributed by atoms with E-state index in [0.717, 1.165) is 11.3 Å². The zero-order valence-corrected chi connectivity index (χ0v) is 14.9. The first kappa shape index (κ1) is 17.3. The Labute approximate surface area is 155 Å². The van der Waals surface area contributed by atoms with Crippen LogP contribution in [0, 0.1) is 6.92 Å². The minimum Gasteiger partial charge on any atom is -0.340 e. The average Bonchev–Trinajstić information content (AvgIpc) is 2.59. The van der Waals surface area contributed by atoms with Gasteiger partial charge in [-0.15, -0.1) is 0 Å². The number of carbonyl (C=O) groups excluding carboxylic acids is 1. The number of hydrogen-bond acceptors (Lipinski definition) is 3. The summed E-state index contributed by atoms with van der Waals surface area (Å²) in [6.45, 7) is 1.96. The van der Waals surface area contributed by atoms with E-state index in [0.29, 0.717) is 27.1 Å². The number of nitrogens with zero attached hydrogens (tertiary/aromatic N) is 1. The Balaban J connectivity index is 1.70. The van der Waals surface area contributed by atoms with Crippen LogP contribution in [0.2, 0.25) is 10.0 Å². The van der Waals surface area contributed by atoms with E-state index in [-0.39, 0.29) is 5.91 Å². The van der Waals surface area contributed by atoms with Crippen LogP contribution in [0.1, 0.15) is 15.9 Å². The maximum atomic E-state index is 12.2. The van der Waals surface area contributed by atoms with E-state index in [1.165, 1.54) is 0 Å². The smallest absolute Gasteiger partial charge is 0.257 e. The van der Waals surface area contributed by atoms with Gasteiger partial charge in [-0.3, -0.25) is 4.79 Å². The topological polar surface area (TPSA) is 54.0 Å². The minimum atomic E-state index is -0.276. The van der Waals surface area contributed by atoms with Crippen molar-refractivity contribution in [2.75, 3.05) is 10.6 Å². The lowest BCUT2D eigenvalue weighted by atomic mass is 10.2. The van der Waals surface area contributed by atoms with Crippen molar-refractivity contribution in [2.24, 2.45) is 0 Å². The fourth-order valence-electron chi connectivity index (χ4n) is 2.29. The summed E-state index contributed by atoms with van der Waals surface area (Å²) in [7, 11) is 0. The van der Waals surface area contributed by atoms with E-state index in [1.54, 1.807) is 42.6 Å². The second kappa shape index (κ2) is 7.55. The Hall–Kier alpha value is -2.56. The molecule has 25 heavy (non-hydrogen) atoms. The number of carbonyl (C=O) groups is 1. The Morgan fingerprint density at radius 1 is 1.04 bits per heavy atom. The molecule has 4 nitrogen and oxygen atoms in total. The number of halogens is 2. The van der Waals surface area contributed by atoms with Crippen LogP contribution in [0.3, 0.4) is 0 Å². The molecule has 0 spiro atoms. The number of nitrogens with one attached hydrogen (secondary N) is 2. The number of pyridine rings is 1. The molecule has 126 valence electrons. The Bertz CT molecular complexity index is 911. The molecule has 0 unspecified atom stereocenters. The van der Waals surface area contributed by atoms with Gasteiger partial charge in [0.05, 0.1) is 22.5 Å². The number of aromatic nitrogens is 1. The zero-order chi connectivity index (χ0) is 17.8. The summed E-state index contributed by atoms with van der Waals surface area (Å²) in [5.74, 6) is 0.391. The maximum absolute atomic E-state index is 12.2. The van der Waals surface area contributed by atoms with Gasteiger partial charge < -0.3 is 10.6 Å². The summed E-state index contributed by atoms with van der Waals surface area (Å²) in [5.41, 5.74) is 2.95. The van der Waals surface area contributed by atoms with Crippen LogP contribution in [-0.4, -0.2) is 10.9 Å².